The number of carbonyl (C=O) groups excluding carboxylic acids is 1. The lowest BCUT2D eigenvalue weighted by molar-refractivity contribution is -0.170. The number of halogens is 3. The van der Waals surface area contributed by atoms with Crippen molar-refractivity contribution in [2.45, 2.75) is 30.9 Å². The van der Waals surface area contributed by atoms with Gasteiger partial charge in [0.25, 0.3) is 0 Å². The number of aromatic nitrogens is 2. The number of Topliss-reactive ketones (excluding diaryl/α,β-unsaturated/α-hetero) is 1. The van der Waals surface area contributed by atoms with Crippen molar-refractivity contribution in [2.75, 3.05) is 0 Å². The zero-order chi connectivity index (χ0) is 15.1. The predicted octanol–water partition coefficient (Wildman–Crippen LogP) is 2.82. The predicted molar refractivity (Wildman–Crippen MR) is 65.5 cm³/mol. The Morgan fingerprint density at radius 3 is 2.48 bits per heavy atom. The van der Waals surface area contributed by atoms with Crippen molar-refractivity contribution in [3.05, 3.63) is 47.6 Å². The molecule has 0 spiro atoms. The van der Waals surface area contributed by atoms with E-state index in [1.165, 1.54) is 0 Å². The van der Waals surface area contributed by atoms with Gasteiger partial charge in [0.05, 0.1) is 11.8 Å². The van der Waals surface area contributed by atoms with Gasteiger partial charge in [-0.3, -0.25) is 4.79 Å². The lowest BCUT2D eigenvalue weighted by Crippen LogP contribution is -2.24. The van der Waals surface area contributed by atoms with Crippen LogP contribution < -0.4 is 0 Å². The van der Waals surface area contributed by atoms with Crippen LogP contribution in [0.4, 0.5) is 13.2 Å². The standard InChI is InChI=1S/C14H11F3N2O2/c15-14(16,17)10(20)8-11-18-12(19-21-11)13(6-7-13)9-4-2-1-3-5-9/h1-5H,6-8H2. The molecule has 110 valence electrons. The number of nitrogens with zero attached hydrogens (tertiary/aromatic N) is 2. The Labute approximate surface area is 118 Å². The van der Waals surface area contributed by atoms with E-state index in [0.29, 0.717) is 5.82 Å². The topological polar surface area (TPSA) is 56.0 Å². The van der Waals surface area contributed by atoms with Crippen LogP contribution in [0.1, 0.15) is 30.1 Å². The van der Waals surface area contributed by atoms with Crippen LogP contribution in [0.15, 0.2) is 34.9 Å². The lowest BCUT2D eigenvalue weighted by Gasteiger charge is -2.10. The van der Waals surface area contributed by atoms with Gasteiger partial charge in [-0.2, -0.15) is 18.2 Å². The summed E-state index contributed by atoms with van der Waals surface area (Å²) in [7, 11) is 0. The van der Waals surface area contributed by atoms with Gasteiger partial charge in [-0.15, -0.1) is 0 Å². The molecule has 2 aromatic rings. The lowest BCUT2D eigenvalue weighted by atomic mass is 9.95. The zero-order valence-electron chi connectivity index (χ0n) is 10.9. The molecule has 0 unspecified atom stereocenters. The number of benzene rings is 1. The summed E-state index contributed by atoms with van der Waals surface area (Å²) >= 11 is 0. The SMILES string of the molecule is O=C(Cc1nc(C2(c3ccccc3)CC2)no1)C(F)(F)F. The molecule has 3 rings (SSSR count). The molecule has 1 aliphatic rings. The normalized spacial score (nSPS) is 16.7. The van der Waals surface area contributed by atoms with Crippen LogP contribution in [-0.4, -0.2) is 22.1 Å². The average Bonchev–Trinajstić information content (AvgIpc) is 3.13. The molecule has 0 aliphatic heterocycles. The number of carbonyl (C=O) groups is 1. The summed E-state index contributed by atoms with van der Waals surface area (Å²) in [6.07, 6.45) is -4.18. The van der Waals surface area contributed by atoms with E-state index >= 15 is 0 Å². The fourth-order valence-electron chi connectivity index (χ4n) is 2.28. The number of hydrogen-bond donors (Lipinski definition) is 0. The van der Waals surface area contributed by atoms with Crippen molar-refractivity contribution >= 4 is 5.78 Å². The second-order valence-electron chi connectivity index (χ2n) is 5.06. The number of rotatable bonds is 4. The second-order valence-corrected chi connectivity index (χ2v) is 5.06. The Balaban J connectivity index is 1.82. The average molecular weight is 296 g/mol. The summed E-state index contributed by atoms with van der Waals surface area (Å²) in [5, 5.41) is 3.76. The second kappa shape index (κ2) is 4.68. The molecule has 0 atom stereocenters. The molecule has 4 nitrogen and oxygen atoms in total. The summed E-state index contributed by atoms with van der Waals surface area (Å²) in [6.45, 7) is 0. The maximum atomic E-state index is 12.2. The Bertz CT molecular complexity index is 660. The van der Waals surface area contributed by atoms with Crippen LogP contribution in [0, 0.1) is 0 Å². The fraction of sp³-hybridized carbons (Fsp3) is 0.357. The first kappa shape index (κ1) is 13.8. The molecule has 0 bridgehead atoms. The van der Waals surface area contributed by atoms with E-state index in [1.807, 2.05) is 30.3 Å². The summed E-state index contributed by atoms with van der Waals surface area (Å²) in [6, 6.07) is 9.48. The van der Waals surface area contributed by atoms with Gasteiger partial charge in [0, 0.05) is 0 Å². The van der Waals surface area contributed by atoms with E-state index in [2.05, 4.69) is 10.1 Å². The van der Waals surface area contributed by atoms with Crippen molar-refractivity contribution in [3.8, 4) is 0 Å². The van der Waals surface area contributed by atoms with Crippen molar-refractivity contribution in [2.24, 2.45) is 0 Å². The molecule has 1 saturated carbocycles. The van der Waals surface area contributed by atoms with Gasteiger partial charge in [0.1, 0.15) is 0 Å². The van der Waals surface area contributed by atoms with Crippen LogP contribution in [-0.2, 0) is 16.6 Å². The quantitative estimate of drug-likeness (QED) is 0.870. The largest absolute Gasteiger partial charge is 0.450 e. The van der Waals surface area contributed by atoms with Gasteiger partial charge in [-0.25, -0.2) is 0 Å². The van der Waals surface area contributed by atoms with Crippen LogP contribution in [0.25, 0.3) is 0 Å². The minimum Gasteiger partial charge on any atom is -0.339 e. The first-order chi connectivity index (χ1) is 9.92. The Morgan fingerprint density at radius 1 is 1.24 bits per heavy atom. The fourth-order valence-corrected chi connectivity index (χ4v) is 2.28. The van der Waals surface area contributed by atoms with E-state index in [0.717, 1.165) is 18.4 Å². The van der Waals surface area contributed by atoms with Crippen LogP contribution in [0.3, 0.4) is 0 Å². The molecule has 0 radical (unpaired) electrons. The summed E-state index contributed by atoms with van der Waals surface area (Å²) in [5.74, 6) is -1.84. The summed E-state index contributed by atoms with van der Waals surface area (Å²) in [5.41, 5.74) is 0.615. The van der Waals surface area contributed by atoms with Crippen molar-refractivity contribution in [3.63, 3.8) is 0 Å². The van der Waals surface area contributed by atoms with Gasteiger partial charge in [-0.1, -0.05) is 35.5 Å². The van der Waals surface area contributed by atoms with E-state index in [1.54, 1.807) is 0 Å². The smallest absolute Gasteiger partial charge is 0.339 e. The monoisotopic (exact) mass is 296 g/mol. The van der Waals surface area contributed by atoms with Crippen LogP contribution in [0.2, 0.25) is 0 Å². The maximum absolute atomic E-state index is 12.2. The molecule has 21 heavy (non-hydrogen) atoms. The maximum Gasteiger partial charge on any atom is 0.450 e. The van der Waals surface area contributed by atoms with E-state index < -0.39 is 18.4 Å². The first-order valence-corrected chi connectivity index (χ1v) is 6.40. The minimum atomic E-state index is -4.88. The zero-order valence-corrected chi connectivity index (χ0v) is 10.9. The van der Waals surface area contributed by atoms with E-state index in [4.69, 9.17) is 4.52 Å². The number of ketones is 1. The highest BCUT2D eigenvalue weighted by Gasteiger charge is 2.50. The van der Waals surface area contributed by atoms with Crippen molar-refractivity contribution in [1.29, 1.82) is 0 Å². The first-order valence-electron chi connectivity index (χ1n) is 6.40. The molecule has 7 heteroatoms. The third kappa shape index (κ3) is 2.55. The summed E-state index contributed by atoms with van der Waals surface area (Å²) in [4.78, 5) is 14.9. The van der Waals surface area contributed by atoms with E-state index in [9.17, 15) is 18.0 Å². The molecule has 1 aromatic carbocycles. The molecule has 1 aliphatic carbocycles. The highest BCUT2D eigenvalue weighted by Crippen LogP contribution is 2.52. The molecule has 1 heterocycles. The molecule has 1 fully saturated rings. The van der Waals surface area contributed by atoms with Gasteiger partial charge < -0.3 is 4.52 Å². The highest BCUT2D eigenvalue weighted by atomic mass is 19.4. The van der Waals surface area contributed by atoms with Crippen LogP contribution >= 0.6 is 0 Å². The third-order valence-corrected chi connectivity index (χ3v) is 3.60. The van der Waals surface area contributed by atoms with Crippen molar-refractivity contribution in [1.82, 2.24) is 10.1 Å². The number of alkyl halides is 3. The third-order valence-electron chi connectivity index (χ3n) is 3.60. The highest BCUT2D eigenvalue weighted by molar-refractivity contribution is 5.85. The van der Waals surface area contributed by atoms with Crippen LogP contribution in [0.5, 0.6) is 0 Å². The van der Waals surface area contributed by atoms with Gasteiger partial charge in [0.15, 0.2) is 5.82 Å². The van der Waals surface area contributed by atoms with Gasteiger partial charge in [0.2, 0.25) is 11.7 Å². The molecule has 0 N–H and O–H groups in total. The minimum absolute atomic E-state index is 0.297. The Morgan fingerprint density at radius 2 is 1.90 bits per heavy atom. The molecule has 0 amide bonds. The molecule has 0 saturated heterocycles. The van der Waals surface area contributed by atoms with E-state index in [-0.39, 0.29) is 11.3 Å². The summed E-state index contributed by atoms with van der Waals surface area (Å²) < 4.78 is 41.4. The van der Waals surface area contributed by atoms with Gasteiger partial charge >= 0.3 is 6.18 Å². The number of hydrogen-bond acceptors (Lipinski definition) is 4. The Hall–Kier alpha value is -2.18. The molecule has 1 aromatic heterocycles. The molecular formula is C14H11F3N2O2. The van der Waals surface area contributed by atoms with Gasteiger partial charge in [-0.05, 0) is 18.4 Å². The Kier molecular flexibility index (Phi) is 3.07. The van der Waals surface area contributed by atoms with Crippen molar-refractivity contribution < 1.29 is 22.5 Å². The molecular weight excluding hydrogens is 285 g/mol.